The van der Waals surface area contributed by atoms with Crippen molar-refractivity contribution in [3.05, 3.63) is 35.2 Å². The molecular formula is C19H29O3. The fourth-order valence-electron chi connectivity index (χ4n) is 2.25. The van der Waals surface area contributed by atoms with Crippen molar-refractivity contribution < 1.29 is 14.6 Å². The fraction of sp³-hybridized carbons (Fsp3) is 0.579. The zero-order valence-electron chi connectivity index (χ0n) is 14.9. The summed E-state index contributed by atoms with van der Waals surface area (Å²) in [6.45, 7) is 14.5. The van der Waals surface area contributed by atoms with Crippen LogP contribution in [-0.4, -0.2) is 17.7 Å². The summed E-state index contributed by atoms with van der Waals surface area (Å²) in [5.41, 5.74) is 2.47. The van der Waals surface area contributed by atoms with Gasteiger partial charge in [-0.25, -0.2) is 0 Å². The van der Waals surface area contributed by atoms with E-state index in [1.807, 2.05) is 18.6 Å². The smallest absolute Gasteiger partial charge is 0.305 e. The minimum atomic E-state index is -0.206. The van der Waals surface area contributed by atoms with Crippen molar-refractivity contribution in [3.63, 3.8) is 0 Å². The predicted molar refractivity (Wildman–Crippen MR) is 90.2 cm³/mol. The number of phenolic OH excluding ortho intramolecular Hbond substituents is 1. The molecule has 0 spiro atoms. The second kappa shape index (κ2) is 6.72. The number of carbonyl (C=O) groups is 1. The van der Waals surface area contributed by atoms with Gasteiger partial charge in [0.05, 0.1) is 6.61 Å². The van der Waals surface area contributed by atoms with Gasteiger partial charge < -0.3 is 9.84 Å². The Balaban J connectivity index is 3.16. The molecule has 0 saturated heterocycles. The molecule has 0 fully saturated rings. The van der Waals surface area contributed by atoms with Gasteiger partial charge in [0.2, 0.25) is 0 Å². The summed E-state index contributed by atoms with van der Waals surface area (Å²) in [6, 6.07) is 3.95. The van der Waals surface area contributed by atoms with Crippen LogP contribution in [0.1, 0.15) is 71.6 Å². The van der Waals surface area contributed by atoms with E-state index in [4.69, 9.17) is 4.74 Å². The number of esters is 1. The molecule has 3 nitrogen and oxygen atoms in total. The average Bonchev–Trinajstić information content (AvgIpc) is 2.37. The van der Waals surface area contributed by atoms with E-state index in [-0.39, 0.29) is 23.4 Å². The van der Waals surface area contributed by atoms with Crippen molar-refractivity contribution in [2.45, 2.75) is 65.7 Å². The molecule has 1 N–H and O–H groups in total. The normalized spacial score (nSPS) is 12.3. The minimum Gasteiger partial charge on any atom is -0.507 e. The lowest BCUT2D eigenvalue weighted by Crippen LogP contribution is -2.18. The van der Waals surface area contributed by atoms with E-state index in [1.54, 1.807) is 6.92 Å². The van der Waals surface area contributed by atoms with Gasteiger partial charge in [0.1, 0.15) is 5.75 Å². The molecule has 0 aliphatic heterocycles. The van der Waals surface area contributed by atoms with E-state index in [0.717, 1.165) is 16.7 Å². The van der Waals surface area contributed by atoms with Crippen LogP contribution in [0.15, 0.2) is 12.1 Å². The van der Waals surface area contributed by atoms with Crippen molar-refractivity contribution >= 4 is 5.97 Å². The number of hydrogen-bond acceptors (Lipinski definition) is 3. The van der Waals surface area contributed by atoms with E-state index in [9.17, 15) is 9.90 Å². The number of rotatable bonds is 4. The summed E-state index contributed by atoms with van der Waals surface area (Å²) in [4.78, 5) is 11.2. The third kappa shape index (κ3) is 4.75. The lowest BCUT2D eigenvalue weighted by atomic mass is 9.78. The van der Waals surface area contributed by atoms with Gasteiger partial charge in [0.15, 0.2) is 0 Å². The second-order valence-electron chi connectivity index (χ2n) is 7.71. The molecular weight excluding hydrogens is 276 g/mol. The molecule has 0 aromatic heterocycles. The molecule has 0 amide bonds. The Morgan fingerprint density at radius 2 is 1.55 bits per heavy atom. The Bertz CT molecular complexity index is 496. The van der Waals surface area contributed by atoms with Gasteiger partial charge in [-0.15, -0.1) is 0 Å². The van der Waals surface area contributed by atoms with E-state index in [0.29, 0.717) is 12.2 Å². The van der Waals surface area contributed by atoms with E-state index >= 15 is 0 Å². The average molecular weight is 305 g/mol. The van der Waals surface area contributed by atoms with Crippen molar-refractivity contribution in [3.8, 4) is 5.75 Å². The Hall–Kier alpha value is -1.51. The Morgan fingerprint density at radius 3 is 1.91 bits per heavy atom. The third-order valence-electron chi connectivity index (χ3n) is 3.60. The van der Waals surface area contributed by atoms with Gasteiger partial charge in [-0.3, -0.25) is 4.79 Å². The molecule has 0 bridgehead atoms. The van der Waals surface area contributed by atoms with E-state index in [1.165, 1.54) is 0 Å². The first-order valence-electron chi connectivity index (χ1n) is 7.83. The number of ether oxygens (including phenoxy) is 1. The van der Waals surface area contributed by atoms with Crippen LogP contribution in [0, 0.1) is 6.42 Å². The first kappa shape index (κ1) is 18.5. The summed E-state index contributed by atoms with van der Waals surface area (Å²) in [7, 11) is 0. The highest BCUT2D eigenvalue weighted by atomic mass is 16.5. The van der Waals surface area contributed by atoms with Crippen molar-refractivity contribution in [1.82, 2.24) is 0 Å². The van der Waals surface area contributed by atoms with Crippen molar-refractivity contribution in [1.29, 1.82) is 0 Å². The Morgan fingerprint density at radius 1 is 1.09 bits per heavy atom. The highest BCUT2D eigenvalue weighted by Crippen LogP contribution is 2.39. The van der Waals surface area contributed by atoms with Gasteiger partial charge in [-0.05, 0) is 27.5 Å². The molecule has 1 aromatic carbocycles. The zero-order valence-corrected chi connectivity index (χ0v) is 14.9. The molecule has 1 rings (SSSR count). The van der Waals surface area contributed by atoms with Crippen molar-refractivity contribution in [2.24, 2.45) is 0 Å². The number of hydrogen-bond donors (Lipinski definition) is 1. The SMILES string of the molecule is CCC(=O)OC[CH]c1cc(C(C)(C)C)c(O)c(C(C)(C)C)c1. The summed E-state index contributed by atoms with van der Waals surface area (Å²) >= 11 is 0. The van der Waals surface area contributed by atoms with Gasteiger partial charge in [0.25, 0.3) is 0 Å². The molecule has 1 aromatic rings. The highest BCUT2D eigenvalue weighted by molar-refractivity contribution is 5.69. The zero-order chi connectivity index (χ0) is 17.1. The first-order chi connectivity index (χ1) is 9.96. The topological polar surface area (TPSA) is 46.5 Å². The fourth-order valence-corrected chi connectivity index (χ4v) is 2.25. The maximum atomic E-state index is 11.2. The van der Waals surface area contributed by atoms with Gasteiger partial charge in [0, 0.05) is 12.8 Å². The van der Waals surface area contributed by atoms with E-state index < -0.39 is 0 Å². The second-order valence-corrected chi connectivity index (χ2v) is 7.71. The summed E-state index contributed by atoms with van der Waals surface area (Å²) in [5, 5.41) is 10.6. The van der Waals surface area contributed by atoms with Crippen LogP contribution >= 0.6 is 0 Å². The number of phenols is 1. The standard InChI is InChI=1S/C19H29O3/c1-8-16(20)22-10-9-13-11-14(18(2,3)4)17(21)15(12-13)19(5,6)7/h9,11-12,21H,8,10H2,1-7H3. The lowest BCUT2D eigenvalue weighted by Gasteiger charge is -2.28. The maximum absolute atomic E-state index is 11.2. The highest BCUT2D eigenvalue weighted by Gasteiger charge is 2.26. The van der Waals surface area contributed by atoms with Crippen LogP contribution in [-0.2, 0) is 20.4 Å². The molecule has 123 valence electrons. The molecule has 0 atom stereocenters. The number of carbonyl (C=O) groups excluding carboxylic acids is 1. The quantitative estimate of drug-likeness (QED) is 0.833. The molecule has 0 saturated carbocycles. The van der Waals surface area contributed by atoms with Crippen LogP contribution in [0.5, 0.6) is 5.75 Å². The summed E-state index contributed by atoms with van der Waals surface area (Å²) < 4.78 is 5.12. The van der Waals surface area contributed by atoms with Gasteiger partial charge in [-0.2, -0.15) is 0 Å². The maximum Gasteiger partial charge on any atom is 0.305 e. The van der Waals surface area contributed by atoms with E-state index in [2.05, 4.69) is 41.5 Å². The van der Waals surface area contributed by atoms with Gasteiger partial charge in [-0.1, -0.05) is 60.6 Å². The molecule has 0 heterocycles. The number of benzene rings is 1. The molecule has 3 heteroatoms. The first-order valence-corrected chi connectivity index (χ1v) is 7.83. The third-order valence-corrected chi connectivity index (χ3v) is 3.60. The van der Waals surface area contributed by atoms with Gasteiger partial charge >= 0.3 is 5.97 Å². The van der Waals surface area contributed by atoms with Crippen LogP contribution in [0.4, 0.5) is 0 Å². The monoisotopic (exact) mass is 305 g/mol. The van der Waals surface area contributed by atoms with Crippen LogP contribution in [0.2, 0.25) is 0 Å². The van der Waals surface area contributed by atoms with Crippen LogP contribution in [0.3, 0.4) is 0 Å². The summed E-state index contributed by atoms with van der Waals surface area (Å²) in [6.07, 6.45) is 2.27. The molecule has 0 aliphatic rings. The molecule has 1 radical (unpaired) electrons. The van der Waals surface area contributed by atoms with Crippen molar-refractivity contribution in [2.75, 3.05) is 6.61 Å². The largest absolute Gasteiger partial charge is 0.507 e. The van der Waals surface area contributed by atoms with Crippen LogP contribution in [0.25, 0.3) is 0 Å². The minimum absolute atomic E-state index is 0.159. The molecule has 0 aliphatic carbocycles. The summed E-state index contributed by atoms with van der Waals surface area (Å²) in [5.74, 6) is 0.157. The molecule has 22 heavy (non-hydrogen) atoms. The Kier molecular flexibility index (Phi) is 5.66. The predicted octanol–water partition coefficient (Wildman–Crippen LogP) is 4.49. The number of aromatic hydroxyl groups is 1. The molecule has 0 unspecified atom stereocenters. The van der Waals surface area contributed by atoms with Crippen LogP contribution < -0.4 is 0 Å². The Labute approximate surface area is 134 Å². The lowest BCUT2D eigenvalue weighted by molar-refractivity contribution is -0.142.